The molecule has 0 radical (unpaired) electrons. The molecule has 0 unspecified atom stereocenters. The van der Waals surface area contributed by atoms with Crippen molar-refractivity contribution in [3.8, 4) is 5.75 Å². The highest BCUT2D eigenvalue weighted by atomic mass is 35.5. The van der Waals surface area contributed by atoms with Crippen LogP contribution in [0.15, 0.2) is 18.2 Å². The molecule has 0 aliphatic rings. The first kappa shape index (κ1) is 11.0. The fraction of sp³-hybridized carbons (Fsp3) is 0.200. The number of nitrogens with two attached hydrogens (primary N) is 1. The Bertz CT molecular complexity index is 329. The van der Waals surface area contributed by atoms with Gasteiger partial charge in [0.25, 0.3) is 0 Å². The van der Waals surface area contributed by atoms with Gasteiger partial charge in [-0.3, -0.25) is 0 Å². The van der Waals surface area contributed by atoms with Crippen LogP contribution in [0.1, 0.15) is 5.56 Å². The maximum Gasteiger partial charge on any atom is 0.173 e. The zero-order valence-corrected chi connectivity index (χ0v) is 8.51. The average molecular weight is 216 g/mol. The Morgan fingerprint density at radius 3 is 2.79 bits per heavy atom. The quantitative estimate of drug-likeness (QED) is 0.841. The fourth-order valence-corrected chi connectivity index (χ4v) is 1.37. The standard InChI is InChI=1S/C10H11ClFNO/c1-14-10-8(11)5-7(3-2-4-13)6-9(10)12/h2-3,5-6H,4,13H2,1H3/b3-2+. The summed E-state index contributed by atoms with van der Waals surface area (Å²) >= 11 is 5.78. The first-order valence-electron chi connectivity index (χ1n) is 4.08. The van der Waals surface area contributed by atoms with E-state index in [1.54, 1.807) is 18.2 Å². The molecule has 4 heteroatoms. The number of hydrogen-bond donors (Lipinski definition) is 1. The van der Waals surface area contributed by atoms with Gasteiger partial charge in [-0.25, -0.2) is 4.39 Å². The molecule has 2 N–H and O–H groups in total. The van der Waals surface area contributed by atoms with Crippen molar-refractivity contribution in [2.45, 2.75) is 0 Å². The molecule has 0 fully saturated rings. The van der Waals surface area contributed by atoms with Crippen molar-refractivity contribution in [2.24, 2.45) is 5.73 Å². The van der Waals surface area contributed by atoms with E-state index in [0.717, 1.165) is 0 Å². The van der Waals surface area contributed by atoms with Crippen LogP contribution in [0.5, 0.6) is 5.75 Å². The van der Waals surface area contributed by atoms with Crippen LogP contribution in [0, 0.1) is 5.82 Å². The van der Waals surface area contributed by atoms with Crippen LogP contribution in [0.2, 0.25) is 5.02 Å². The van der Waals surface area contributed by atoms with Gasteiger partial charge >= 0.3 is 0 Å². The zero-order chi connectivity index (χ0) is 10.6. The molecular weight excluding hydrogens is 205 g/mol. The largest absolute Gasteiger partial charge is 0.492 e. The molecule has 0 atom stereocenters. The monoisotopic (exact) mass is 215 g/mol. The number of hydrogen-bond acceptors (Lipinski definition) is 2. The number of methoxy groups -OCH3 is 1. The Labute approximate surface area is 87.1 Å². The molecule has 0 saturated carbocycles. The van der Waals surface area contributed by atoms with Crippen LogP contribution >= 0.6 is 11.6 Å². The molecule has 1 aromatic rings. The highest BCUT2D eigenvalue weighted by Crippen LogP contribution is 2.29. The van der Waals surface area contributed by atoms with Gasteiger partial charge in [0.2, 0.25) is 0 Å². The second-order valence-electron chi connectivity index (χ2n) is 2.66. The number of halogens is 2. The smallest absolute Gasteiger partial charge is 0.173 e. The van der Waals surface area contributed by atoms with Gasteiger partial charge in [-0.2, -0.15) is 0 Å². The van der Waals surface area contributed by atoms with Crippen molar-refractivity contribution < 1.29 is 9.13 Å². The lowest BCUT2D eigenvalue weighted by molar-refractivity contribution is 0.387. The zero-order valence-electron chi connectivity index (χ0n) is 7.76. The minimum absolute atomic E-state index is 0.0663. The maximum absolute atomic E-state index is 13.3. The lowest BCUT2D eigenvalue weighted by atomic mass is 10.2. The van der Waals surface area contributed by atoms with Crippen LogP contribution in [0.4, 0.5) is 4.39 Å². The molecule has 2 nitrogen and oxygen atoms in total. The Morgan fingerprint density at radius 1 is 1.57 bits per heavy atom. The Kier molecular flexibility index (Phi) is 3.92. The summed E-state index contributed by atoms with van der Waals surface area (Å²) in [7, 11) is 1.37. The summed E-state index contributed by atoms with van der Waals surface area (Å²) in [6, 6.07) is 2.96. The molecule has 0 aliphatic carbocycles. The normalized spacial score (nSPS) is 10.9. The molecule has 1 aromatic carbocycles. The van der Waals surface area contributed by atoms with Gasteiger partial charge < -0.3 is 10.5 Å². The summed E-state index contributed by atoms with van der Waals surface area (Å²) in [5.41, 5.74) is 5.94. The number of ether oxygens (including phenoxy) is 1. The minimum atomic E-state index is -0.475. The van der Waals surface area contributed by atoms with Crippen LogP contribution in [-0.4, -0.2) is 13.7 Å². The van der Waals surface area contributed by atoms with Crippen molar-refractivity contribution >= 4 is 17.7 Å². The molecule has 0 saturated heterocycles. The Hall–Kier alpha value is -1.06. The van der Waals surface area contributed by atoms with E-state index < -0.39 is 5.82 Å². The van der Waals surface area contributed by atoms with Crippen LogP contribution in [0.3, 0.4) is 0 Å². The van der Waals surface area contributed by atoms with E-state index in [0.29, 0.717) is 12.1 Å². The molecule has 0 heterocycles. The maximum atomic E-state index is 13.3. The highest BCUT2D eigenvalue weighted by Gasteiger charge is 2.08. The summed E-state index contributed by atoms with van der Waals surface area (Å²) in [5, 5.41) is 0.254. The van der Waals surface area contributed by atoms with Crippen LogP contribution < -0.4 is 10.5 Å². The van der Waals surface area contributed by atoms with Crippen molar-refractivity contribution in [2.75, 3.05) is 13.7 Å². The third kappa shape index (κ3) is 2.47. The molecule has 0 bridgehead atoms. The lowest BCUT2D eigenvalue weighted by Gasteiger charge is -2.05. The fourth-order valence-electron chi connectivity index (χ4n) is 1.07. The van der Waals surface area contributed by atoms with Gasteiger partial charge in [0.1, 0.15) is 0 Å². The molecular formula is C10H11ClFNO. The predicted molar refractivity (Wildman–Crippen MR) is 56.1 cm³/mol. The van der Waals surface area contributed by atoms with Gasteiger partial charge in [0.15, 0.2) is 11.6 Å². The summed E-state index contributed by atoms with van der Waals surface area (Å²) in [4.78, 5) is 0. The van der Waals surface area contributed by atoms with Crippen LogP contribution in [0.25, 0.3) is 6.08 Å². The average Bonchev–Trinajstić information content (AvgIpc) is 2.14. The van der Waals surface area contributed by atoms with E-state index in [1.165, 1.54) is 13.2 Å². The summed E-state index contributed by atoms with van der Waals surface area (Å²) < 4.78 is 18.0. The highest BCUT2D eigenvalue weighted by molar-refractivity contribution is 6.32. The van der Waals surface area contributed by atoms with E-state index in [1.807, 2.05) is 0 Å². The second-order valence-corrected chi connectivity index (χ2v) is 3.06. The first-order valence-corrected chi connectivity index (χ1v) is 4.46. The minimum Gasteiger partial charge on any atom is -0.492 e. The molecule has 0 aliphatic heterocycles. The molecule has 0 spiro atoms. The van der Waals surface area contributed by atoms with E-state index >= 15 is 0 Å². The molecule has 1 rings (SSSR count). The van der Waals surface area contributed by atoms with Gasteiger partial charge in [0.05, 0.1) is 12.1 Å². The van der Waals surface area contributed by atoms with Crippen molar-refractivity contribution in [1.29, 1.82) is 0 Å². The number of benzene rings is 1. The first-order chi connectivity index (χ1) is 6.69. The summed E-state index contributed by atoms with van der Waals surface area (Å²) in [5.74, 6) is -0.409. The van der Waals surface area contributed by atoms with E-state index in [-0.39, 0.29) is 10.8 Å². The summed E-state index contributed by atoms with van der Waals surface area (Å²) in [6.07, 6.45) is 3.42. The van der Waals surface area contributed by atoms with Crippen molar-refractivity contribution in [3.63, 3.8) is 0 Å². The predicted octanol–water partition coefficient (Wildman–Crippen LogP) is 2.46. The van der Waals surface area contributed by atoms with E-state index in [9.17, 15) is 4.39 Å². The molecule has 0 amide bonds. The van der Waals surface area contributed by atoms with Crippen LogP contribution in [-0.2, 0) is 0 Å². The SMILES string of the molecule is COc1c(F)cc(/C=C/CN)cc1Cl. The molecule has 76 valence electrons. The van der Waals surface area contributed by atoms with Gasteiger partial charge in [-0.1, -0.05) is 23.8 Å². The third-order valence-corrected chi connectivity index (χ3v) is 1.95. The lowest BCUT2D eigenvalue weighted by Crippen LogP contribution is -1.93. The van der Waals surface area contributed by atoms with Crippen molar-refractivity contribution in [1.82, 2.24) is 0 Å². The van der Waals surface area contributed by atoms with Gasteiger partial charge in [0, 0.05) is 6.54 Å². The molecule has 0 aromatic heterocycles. The van der Waals surface area contributed by atoms with Gasteiger partial charge in [-0.05, 0) is 17.7 Å². The Balaban J connectivity index is 3.07. The van der Waals surface area contributed by atoms with E-state index in [2.05, 4.69) is 0 Å². The van der Waals surface area contributed by atoms with Gasteiger partial charge in [-0.15, -0.1) is 0 Å². The molecule has 14 heavy (non-hydrogen) atoms. The second kappa shape index (κ2) is 4.98. The number of rotatable bonds is 3. The Morgan fingerprint density at radius 2 is 2.29 bits per heavy atom. The van der Waals surface area contributed by atoms with E-state index in [4.69, 9.17) is 22.1 Å². The summed E-state index contributed by atoms with van der Waals surface area (Å²) in [6.45, 7) is 0.408. The topological polar surface area (TPSA) is 35.2 Å². The van der Waals surface area contributed by atoms with Crippen molar-refractivity contribution in [3.05, 3.63) is 34.6 Å². The third-order valence-electron chi connectivity index (χ3n) is 1.67.